The van der Waals surface area contributed by atoms with E-state index in [4.69, 9.17) is 4.74 Å². The quantitative estimate of drug-likeness (QED) is 0.798. The number of piperidine rings is 1. The van der Waals surface area contributed by atoms with Crippen LogP contribution in [0.1, 0.15) is 39.2 Å². The lowest BCUT2D eigenvalue weighted by atomic mass is 9.88. The van der Waals surface area contributed by atoms with Gasteiger partial charge in [0.2, 0.25) is 0 Å². The maximum Gasteiger partial charge on any atom is 0.251 e. The summed E-state index contributed by atoms with van der Waals surface area (Å²) in [4.78, 5) is 16.6. The van der Waals surface area contributed by atoms with Crippen molar-refractivity contribution in [2.45, 2.75) is 57.8 Å². The van der Waals surface area contributed by atoms with Gasteiger partial charge in [-0.15, -0.1) is 12.4 Å². The monoisotopic (exact) mass is 384 g/mol. The number of nitrogens with zero attached hydrogens (tertiary/aromatic N) is 2. The van der Waals surface area contributed by atoms with Crippen molar-refractivity contribution in [2.75, 3.05) is 26.2 Å². The largest absolute Gasteiger partial charge is 0.360 e. The van der Waals surface area contributed by atoms with E-state index in [1.165, 1.54) is 6.07 Å². The Hall–Kier alpha value is -1.17. The third-order valence-electron chi connectivity index (χ3n) is 5.56. The van der Waals surface area contributed by atoms with E-state index in [1.807, 2.05) is 24.0 Å². The van der Waals surface area contributed by atoms with Gasteiger partial charge in [-0.05, 0) is 51.7 Å². The number of ether oxygens (including phenoxy) is 1. The summed E-state index contributed by atoms with van der Waals surface area (Å²) in [5.74, 6) is -0.0193. The van der Waals surface area contributed by atoms with E-state index in [2.05, 4.69) is 18.7 Å². The molecule has 2 heterocycles. The molecule has 2 saturated heterocycles. The molecule has 0 aromatic heterocycles. The van der Waals surface area contributed by atoms with Crippen LogP contribution in [-0.4, -0.2) is 59.6 Å². The van der Waals surface area contributed by atoms with Crippen molar-refractivity contribution >= 4 is 18.3 Å². The first-order chi connectivity index (χ1) is 11.9. The highest BCUT2D eigenvalue weighted by Gasteiger charge is 2.45. The lowest BCUT2D eigenvalue weighted by Crippen LogP contribution is -2.62. The van der Waals surface area contributed by atoms with Gasteiger partial charge < -0.3 is 14.5 Å². The molecule has 1 unspecified atom stereocenters. The third kappa shape index (κ3) is 4.56. The maximum atomic E-state index is 13.8. The van der Waals surface area contributed by atoms with E-state index in [1.54, 1.807) is 6.07 Å². The molecule has 2 fully saturated rings. The minimum atomic E-state index is -0.360. The Labute approximate surface area is 162 Å². The minimum Gasteiger partial charge on any atom is -0.360 e. The number of rotatable bonds is 4. The second-order valence-corrected chi connectivity index (χ2v) is 7.69. The van der Waals surface area contributed by atoms with Crippen LogP contribution in [0.2, 0.25) is 0 Å². The van der Waals surface area contributed by atoms with Gasteiger partial charge in [-0.25, -0.2) is 4.39 Å². The zero-order chi connectivity index (χ0) is 18.0. The molecule has 146 valence electrons. The second kappa shape index (κ2) is 8.68. The molecule has 1 aromatic rings. The van der Waals surface area contributed by atoms with Gasteiger partial charge in [0.1, 0.15) is 11.9 Å². The van der Waals surface area contributed by atoms with Gasteiger partial charge >= 0.3 is 0 Å². The molecule has 1 atom stereocenters. The number of carbonyl (C=O) groups excluding carboxylic acids is 1. The Balaban J connectivity index is 0.00000243. The Morgan fingerprint density at radius 3 is 2.54 bits per heavy atom. The van der Waals surface area contributed by atoms with Crippen molar-refractivity contribution in [2.24, 2.45) is 0 Å². The van der Waals surface area contributed by atoms with Gasteiger partial charge in [0, 0.05) is 25.7 Å². The molecule has 0 saturated carbocycles. The summed E-state index contributed by atoms with van der Waals surface area (Å²) in [6, 6.07) is 7.20. The maximum absolute atomic E-state index is 13.8. The molecule has 1 spiro atoms. The van der Waals surface area contributed by atoms with E-state index >= 15 is 0 Å². The summed E-state index contributed by atoms with van der Waals surface area (Å²) in [6.45, 7) is 9.40. The van der Waals surface area contributed by atoms with Crippen molar-refractivity contribution < 1.29 is 13.9 Å². The average Bonchev–Trinajstić information content (AvgIpc) is 2.59. The van der Waals surface area contributed by atoms with Crippen molar-refractivity contribution in [3.05, 3.63) is 35.6 Å². The van der Waals surface area contributed by atoms with E-state index in [-0.39, 0.29) is 41.9 Å². The zero-order valence-electron chi connectivity index (χ0n) is 15.9. The first kappa shape index (κ1) is 21.1. The molecule has 1 amide bonds. The van der Waals surface area contributed by atoms with E-state index in [0.29, 0.717) is 6.54 Å². The number of hydrogen-bond acceptors (Lipinski definition) is 3. The number of hydrogen-bond donors (Lipinski definition) is 0. The van der Waals surface area contributed by atoms with Gasteiger partial charge in [0.25, 0.3) is 5.91 Å². The molecule has 4 nitrogen and oxygen atoms in total. The summed E-state index contributed by atoms with van der Waals surface area (Å²) in [5.41, 5.74) is 0.563. The topological polar surface area (TPSA) is 32.8 Å². The fourth-order valence-electron chi connectivity index (χ4n) is 3.96. The van der Waals surface area contributed by atoms with Crippen molar-refractivity contribution in [3.63, 3.8) is 0 Å². The Morgan fingerprint density at radius 2 is 1.92 bits per heavy atom. The van der Waals surface area contributed by atoms with Crippen LogP contribution in [0.3, 0.4) is 0 Å². The zero-order valence-corrected chi connectivity index (χ0v) is 16.7. The fraction of sp³-hybridized carbons (Fsp3) is 0.650. The van der Waals surface area contributed by atoms with Crippen LogP contribution in [0.25, 0.3) is 0 Å². The van der Waals surface area contributed by atoms with Crippen LogP contribution in [0, 0.1) is 5.82 Å². The molecule has 0 aliphatic carbocycles. The summed E-state index contributed by atoms with van der Waals surface area (Å²) >= 11 is 0. The van der Waals surface area contributed by atoms with Crippen molar-refractivity contribution in [1.29, 1.82) is 0 Å². The van der Waals surface area contributed by atoms with Crippen LogP contribution in [0.15, 0.2) is 24.3 Å². The van der Waals surface area contributed by atoms with Gasteiger partial charge in [-0.2, -0.15) is 0 Å². The number of halogens is 2. The summed E-state index contributed by atoms with van der Waals surface area (Å²) in [5, 5.41) is 0. The molecule has 6 heteroatoms. The molecule has 0 N–H and O–H groups in total. The minimum absolute atomic E-state index is 0. The van der Waals surface area contributed by atoms with Crippen LogP contribution >= 0.6 is 12.4 Å². The molecule has 0 bridgehead atoms. The number of likely N-dealkylation sites (tertiary alicyclic amines) is 1. The first-order valence-corrected chi connectivity index (χ1v) is 9.34. The van der Waals surface area contributed by atoms with Crippen LogP contribution in [0.4, 0.5) is 4.39 Å². The molecule has 2 aliphatic rings. The fourth-order valence-corrected chi connectivity index (χ4v) is 3.96. The van der Waals surface area contributed by atoms with Crippen LogP contribution < -0.4 is 0 Å². The number of benzene rings is 1. The lowest BCUT2D eigenvalue weighted by Gasteiger charge is -2.50. The standard InChI is InChI=1S/C20H29FN2O2.ClH/c1-15(2)23-14-20(25-16(3)19(23)24)9-12-22(13-10-20)11-8-17-6-4-5-7-18(17)21;/h4-7,15-16H,8-14H2,1-3H3;1H. The second-order valence-electron chi connectivity index (χ2n) is 7.69. The molecular formula is C20H30ClFN2O2. The summed E-state index contributed by atoms with van der Waals surface area (Å²) in [6.07, 6.45) is 2.21. The SMILES string of the molecule is CC1OC2(CCN(CCc3ccccc3F)CC2)CN(C(C)C)C1=O.Cl. The highest BCUT2D eigenvalue weighted by Crippen LogP contribution is 2.33. The van der Waals surface area contributed by atoms with Gasteiger partial charge in [-0.3, -0.25) is 4.79 Å². The van der Waals surface area contributed by atoms with Crippen LogP contribution in [-0.2, 0) is 16.0 Å². The average molecular weight is 385 g/mol. The molecular weight excluding hydrogens is 355 g/mol. The summed E-state index contributed by atoms with van der Waals surface area (Å²) < 4.78 is 19.9. The number of amides is 1. The van der Waals surface area contributed by atoms with Crippen molar-refractivity contribution in [1.82, 2.24) is 9.80 Å². The molecule has 1 aromatic carbocycles. The third-order valence-corrected chi connectivity index (χ3v) is 5.56. The Morgan fingerprint density at radius 1 is 1.27 bits per heavy atom. The smallest absolute Gasteiger partial charge is 0.251 e. The highest BCUT2D eigenvalue weighted by atomic mass is 35.5. The van der Waals surface area contributed by atoms with Gasteiger partial charge in [0.05, 0.1) is 12.1 Å². The number of morpholine rings is 1. The molecule has 2 aliphatic heterocycles. The van der Waals surface area contributed by atoms with Gasteiger partial charge in [0.15, 0.2) is 0 Å². The van der Waals surface area contributed by atoms with Crippen molar-refractivity contribution in [3.8, 4) is 0 Å². The first-order valence-electron chi connectivity index (χ1n) is 9.34. The molecule has 0 radical (unpaired) electrons. The molecule has 26 heavy (non-hydrogen) atoms. The predicted octanol–water partition coefficient (Wildman–Crippen LogP) is 3.28. The van der Waals surface area contributed by atoms with E-state index < -0.39 is 0 Å². The molecule has 3 rings (SSSR count). The highest BCUT2D eigenvalue weighted by molar-refractivity contribution is 5.85. The Kier molecular flexibility index (Phi) is 7.05. The summed E-state index contributed by atoms with van der Waals surface area (Å²) in [7, 11) is 0. The van der Waals surface area contributed by atoms with Gasteiger partial charge in [-0.1, -0.05) is 18.2 Å². The number of carbonyl (C=O) groups is 1. The normalized spacial score (nSPS) is 23.3. The van der Waals surface area contributed by atoms with E-state index in [0.717, 1.165) is 44.5 Å². The predicted molar refractivity (Wildman–Crippen MR) is 103 cm³/mol. The Bertz CT molecular complexity index is 618. The van der Waals surface area contributed by atoms with E-state index in [9.17, 15) is 9.18 Å². The lowest BCUT2D eigenvalue weighted by molar-refractivity contribution is -0.192. The van der Waals surface area contributed by atoms with Crippen LogP contribution in [0.5, 0.6) is 0 Å².